The Labute approximate surface area is 213 Å². The van der Waals surface area contributed by atoms with Crippen molar-refractivity contribution >= 4 is 25.5 Å². The van der Waals surface area contributed by atoms with Crippen molar-refractivity contribution in [3.8, 4) is 17.0 Å². The van der Waals surface area contributed by atoms with Gasteiger partial charge in [0.25, 0.3) is 5.91 Å². The Bertz CT molecular complexity index is 1150. The highest BCUT2D eigenvalue weighted by Crippen LogP contribution is 2.35. The first-order valence-electron chi connectivity index (χ1n) is 11.4. The van der Waals surface area contributed by atoms with Crippen LogP contribution in [0.5, 0.6) is 5.75 Å². The maximum atomic E-state index is 13.2. The van der Waals surface area contributed by atoms with Crippen LogP contribution in [0.1, 0.15) is 10.5 Å². The third kappa shape index (κ3) is 8.25. The van der Waals surface area contributed by atoms with Crippen LogP contribution >= 0.6 is 7.60 Å². The van der Waals surface area contributed by atoms with Crippen LogP contribution in [0.4, 0.5) is 4.79 Å². The van der Waals surface area contributed by atoms with Crippen molar-refractivity contribution < 1.29 is 43.3 Å². The lowest BCUT2D eigenvalue weighted by atomic mass is 10.1. The van der Waals surface area contributed by atoms with Gasteiger partial charge in [-0.05, 0) is 0 Å². The van der Waals surface area contributed by atoms with Gasteiger partial charge >= 0.3 is 13.7 Å². The molecule has 0 aliphatic carbocycles. The Morgan fingerprint density at radius 1 is 1.05 bits per heavy atom. The predicted molar refractivity (Wildman–Crippen MR) is 131 cm³/mol. The molecule has 200 valence electrons. The Balaban J connectivity index is 1.84. The lowest BCUT2D eigenvalue weighted by molar-refractivity contribution is -0.134. The summed E-state index contributed by atoms with van der Waals surface area (Å²) in [5, 5.41) is 11.5. The summed E-state index contributed by atoms with van der Waals surface area (Å²) in [5.41, 5.74) is 1.00. The van der Waals surface area contributed by atoms with Gasteiger partial charge in [-0.3, -0.25) is 14.2 Å². The zero-order valence-corrected chi connectivity index (χ0v) is 21.0. The molecule has 0 unspecified atom stereocenters. The lowest BCUT2D eigenvalue weighted by Gasteiger charge is -2.35. The highest BCUT2D eigenvalue weighted by atomic mass is 31.2. The van der Waals surface area contributed by atoms with Crippen molar-refractivity contribution in [1.29, 1.82) is 0 Å². The fraction of sp³-hybridized carbons (Fsp3) is 0.391. The van der Waals surface area contributed by atoms with Crippen LogP contribution in [0.3, 0.4) is 0 Å². The van der Waals surface area contributed by atoms with Gasteiger partial charge < -0.3 is 39.5 Å². The summed E-state index contributed by atoms with van der Waals surface area (Å²) in [4.78, 5) is 63.3. The Hall–Kier alpha value is -3.51. The van der Waals surface area contributed by atoms with Crippen molar-refractivity contribution in [3.05, 3.63) is 48.2 Å². The van der Waals surface area contributed by atoms with E-state index in [2.05, 4.69) is 10.3 Å². The number of carbonyl (C=O) groups excluding carboxylic acids is 2. The van der Waals surface area contributed by atoms with Crippen LogP contribution in [0.25, 0.3) is 11.3 Å². The molecule has 1 atom stereocenters. The van der Waals surface area contributed by atoms with E-state index in [0.29, 0.717) is 23.6 Å². The van der Waals surface area contributed by atoms with Gasteiger partial charge in [-0.15, -0.1) is 0 Å². The minimum absolute atomic E-state index is 0.0257. The molecule has 0 radical (unpaired) electrons. The van der Waals surface area contributed by atoms with Gasteiger partial charge in [0.05, 0.1) is 18.5 Å². The van der Waals surface area contributed by atoms with Gasteiger partial charge in [0, 0.05) is 51.0 Å². The van der Waals surface area contributed by atoms with Crippen molar-refractivity contribution in [1.82, 2.24) is 20.1 Å². The number of nitrogens with one attached hydrogen (secondary N) is 1. The molecular weight excluding hydrogens is 507 g/mol. The number of carbonyl (C=O) groups is 3. The monoisotopic (exact) mass is 536 g/mol. The summed E-state index contributed by atoms with van der Waals surface area (Å²) >= 11 is 0. The van der Waals surface area contributed by atoms with Gasteiger partial charge in [-0.2, -0.15) is 0 Å². The first kappa shape index (κ1) is 28.1. The topological polar surface area (TPSA) is 179 Å². The first-order valence-corrected chi connectivity index (χ1v) is 13.2. The van der Waals surface area contributed by atoms with Gasteiger partial charge in [-0.1, -0.05) is 30.3 Å². The molecule has 0 spiro atoms. The van der Waals surface area contributed by atoms with Crippen LogP contribution < -0.4 is 10.1 Å². The first-order chi connectivity index (χ1) is 17.6. The highest BCUT2D eigenvalue weighted by molar-refractivity contribution is 7.51. The average molecular weight is 536 g/mol. The molecule has 2 heterocycles. The Morgan fingerprint density at radius 3 is 2.30 bits per heavy atom. The fourth-order valence-corrected chi connectivity index (χ4v) is 4.42. The second-order valence-corrected chi connectivity index (χ2v) is 9.94. The molecular formula is C23H29N4O9P. The van der Waals surface area contributed by atoms with E-state index in [1.165, 1.54) is 18.1 Å². The molecule has 14 heteroatoms. The number of nitrogens with zero attached hydrogens (tertiary/aromatic N) is 3. The maximum Gasteiger partial charge on any atom is 0.407 e. The van der Waals surface area contributed by atoms with Crippen LogP contribution in [0.2, 0.25) is 0 Å². The average Bonchev–Trinajstić information content (AvgIpc) is 2.87. The molecule has 3 amide bonds. The third-order valence-electron chi connectivity index (χ3n) is 5.54. The summed E-state index contributed by atoms with van der Waals surface area (Å²) in [6.07, 6.45) is -2.05. The molecule has 0 saturated carbocycles. The number of aromatic nitrogens is 1. The molecule has 1 aliphatic heterocycles. The van der Waals surface area contributed by atoms with E-state index < -0.39 is 37.7 Å². The molecule has 0 bridgehead atoms. The summed E-state index contributed by atoms with van der Waals surface area (Å²) in [6.45, 7) is 0.646. The molecule has 1 aromatic carbocycles. The number of rotatable bonds is 10. The van der Waals surface area contributed by atoms with Crippen molar-refractivity contribution in [2.24, 2.45) is 0 Å². The van der Waals surface area contributed by atoms with E-state index in [9.17, 15) is 28.7 Å². The van der Waals surface area contributed by atoms with Crippen molar-refractivity contribution in [2.75, 3.05) is 52.7 Å². The molecule has 13 nitrogen and oxygen atoms in total. The minimum Gasteiger partial charge on any atom is -0.491 e. The molecule has 4 N–H and O–H groups in total. The lowest BCUT2D eigenvalue weighted by Crippen LogP contribution is -2.56. The van der Waals surface area contributed by atoms with E-state index in [4.69, 9.17) is 14.6 Å². The highest BCUT2D eigenvalue weighted by Gasteiger charge is 2.34. The Kier molecular flexibility index (Phi) is 9.59. The summed E-state index contributed by atoms with van der Waals surface area (Å²) in [6, 6.07) is 10.5. The van der Waals surface area contributed by atoms with Gasteiger partial charge in [0.2, 0.25) is 5.91 Å². The quantitative estimate of drug-likeness (QED) is 0.251. The number of ether oxygens (including phenoxy) is 2. The number of carboxylic acid groups (broad SMARTS) is 1. The number of methoxy groups -OCH3 is 1. The molecule has 1 saturated heterocycles. The van der Waals surface area contributed by atoms with Crippen molar-refractivity contribution in [3.63, 3.8) is 0 Å². The molecule has 1 aromatic heterocycles. The third-order valence-corrected chi connectivity index (χ3v) is 6.38. The summed E-state index contributed by atoms with van der Waals surface area (Å²) in [5.74, 6) is -1.23. The molecule has 1 aliphatic rings. The van der Waals surface area contributed by atoms with E-state index >= 15 is 0 Å². The zero-order chi connectivity index (χ0) is 27.0. The number of hydrogen-bond donors (Lipinski definition) is 4. The number of piperazine rings is 1. The van der Waals surface area contributed by atoms with Crippen LogP contribution in [-0.4, -0.2) is 106 Å². The predicted octanol–water partition coefficient (Wildman–Crippen LogP) is 0.872. The molecule has 1 fully saturated rings. The van der Waals surface area contributed by atoms with E-state index in [-0.39, 0.29) is 38.5 Å². The molecule has 37 heavy (non-hydrogen) atoms. The second kappa shape index (κ2) is 12.6. The minimum atomic E-state index is -4.71. The smallest absolute Gasteiger partial charge is 0.407 e. The number of benzene rings is 1. The maximum absolute atomic E-state index is 13.2. The van der Waals surface area contributed by atoms with Crippen LogP contribution in [0.15, 0.2) is 42.5 Å². The summed E-state index contributed by atoms with van der Waals surface area (Å²) in [7, 11) is -3.20. The van der Waals surface area contributed by atoms with Gasteiger partial charge in [-0.25, -0.2) is 9.78 Å². The molecule has 3 rings (SSSR count). The van der Waals surface area contributed by atoms with Crippen LogP contribution in [-0.2, 0) is 14.1 Å². The van der Waals surface area contributed by atoms with E-state index in [1.54, 1.807) is 30.3 Å². The second-order valence-electron chi connectivity index (χ2n) is 8.25. The summed E-state index contributed by atoms with van der Waals surface area (Å²) < 4.78 is 22.4. The number of pyridine rings is 1. The normalized spacial score (nSPS) is 14.7. The zero-order valence-electron chi connectivity index (χ0n) is 20.1. The van der Waals surface area contributed by atoms with Crippen molar-refractivity contribution in [2.45, 2.75) is 6.04 Å². The largest absolute Gasteiger partial charge is 0.491 e. The van der Waals surface area contributed by atoms with Crippen LogP contribution in [0, 0.1) is 0 Å². The van der Waals surface area contributed by atoms with Gasteiger partial charge in [0.15, 0.2) is 0 Å². The molecule has 2 aromatic rings. The SMILES string of the molecule is COCCOc1cc(C(=O)N[C@@H](CP(=O)(O)O)C(=O)N2CCN(C(=O)O)CC2)nc(-c2ccccc2)c1. The van der Waals surface area contributed by atoms with E-state index in [1.807, 2.05) is 6.07 Å². The number of hydrogen-bond acceptors (Lipinski definition) is 7. The van der Waals surface area contributed by atoms with Gasteiger partial charge in [0.1, 0.15) is 24.1 Å². The Morgan fingerprint density at radius 2 is 1.70 bits per heavy atom. The standard InChI is InChI=1S/C23H29N4O9P/c1-35-11-12-36-17-13-18(16-5-3-2-4-6-16)24-19(14-17)21(28)25-20(15-37(32,33)34)22(29)26-7-9-27(10-8-26)23(30)31/h2-6,13-14,20H,7-12,15H2,1H3,(H,25,28)(H,30,31)(H2,32,33,34)/t20-/m0/s1. The fourth-order valence-electron chi connectivity index (χ4n) is 3.70. The number of amides is 3. The van der Waals surface area contributed by atoms with E-state index in [0.717, 1.165) is 4.90 Å².